The normalized spacial score (nSPS) is 28.8. The highest BCUT2D eigenvalue weighted by Gasteiger charge is 2.51. The summed E-state index contributed by atoms with van der Waals surface area (Å²) in [5, 5.41) is 14.7. The van der Waals surface area contributed by atoms with Crippen LogP contribution in [-0.4, -0.2) is 24.1 Å². The lowest BCUT2D eigenvalue weighted by molar-refractivity contribution is -0.386. The van der Waals surface area contributed by atoms with Gasteiger partial charge in [0.15, 0.2) is 5.75 Å². The van der Waals surface area contributed by atoms with Crippen molar-refractivity contribution in [2.75, 3.05) is 7.05 Å². The van der Waals surface area contributed by atoms with Crippen molar-refractivity contribution in [2.24, 2.45) is 5.41 Å². The van der Waals surface area contributed by atoms with E-state index in [1.54, 1.807) is 0 Å². The molecule has 0 aliphatic heterocycles. The first-order valence-electron chi connectivity index (χ1n) is 6.70. The molecule has 1 saturated carbocycles. The SMILES string of the molecule is CCC1(C)C(NC)CC1Oc1cc(Cl)ccc1[N+](=O)[O-]. The van der Waals surface area contributed by atoms with Gasteiger partial charge < -0.3 is 10.1 Å². The number of nitro benzene ring substituents is 1. The second kappa shape index (κ2) is 5.58. The van der Waals surface area contributed by atoms with Crippen molar-refractivity contribution in [2.45, 2.75) is 38.8 Å². The second-order valence-corrected chi connectivity index (χ2v) is 5.85. The van der Waals surface area contributed by atoms with Gasteiger partial charge in [0.25, 0.3) is 0 Å². The maximum Gasteiger partial charge on any atom is 0.311 e. The van der Waals surface area contributed by atoms with E-state index in [-0.39, 0.29) is 23.0 Å². The largest absolute Gasteiger partial charge is 0.483 e. The van der Waals surface area contributed by atoms with Crippen LogP contribution in [0.2, 0.25) is 5.02 Å². The molecule has 1 aliphatic carbocycles. The fourth-order valence-electron chi connectivity index (χ4n) is 2.81. The molecule has 1 aliphatic rings. The van der Waals surface area contributed by atoms with Gasteiger partial charge in [-0.2, -0.15) is 0 Å². The highest BCUT2D eigenvalue weighted by molar-refractivity contribution is 6.30. The van der Waals surface area contributed by atoms with Crippen LogP contribution in [-0.2, 0) is 0 Å². The molecule has 5 nitrogen and oxygen atoms in total. The summed E-state index contributed by atoms with van der Waals surface area (Å²) >= 11 is 5.91. The van der Waals surface area contributed by atoms with Crippen LogP contribution >= 0.6 is 11.6 Å². The smallest absolute Gasteiger partial charge is 0.311 e. The summed E-state index contributed by atoms with van der Waals surface area (Å²) in [5.74, 6) is 0.252. The summed E-state index contributed by atoms with van der Waals surface area (Å²) in [6, 6.07) is 4.77. The van der Waals surface area contributed by atoms with Gasteiger partial charge in [0, 0.05) is 35.0 Å². The Morgan fingerprint density at radius 2 is 2.30 bits per heavy atom. The summed E-state index contributed by atoms with van der Waals surface area (Å²) in [5.41, 5.74) is -0.0638. The fraction of sp³-hybridized carbons (Fsp3) is 0.571. The first-order valence-corrected chi connectivity index (χ1v) is 7.08. The van der Waals surface area contributed by atoms with E-state index in [1.165, 1.54) is 18.2 Å². The van der Waals surface area contributed by atoms with Gasteiger partial charge in [-0.25, -0.2) is 0 Å². The molecule has 0 saturated heterocycles. The molecule has 0 amide bonds. The van der Waals surface area contributed by atoms with Crippen molar-refractivity contribution in [3.8, 4) is 5.75 Å². The molecule has 0 spiro atoms. The van der Waals surface area contributed by atoms with Gasteiger partial charge in [0.05, 0.1) is 4.92 Å². The minimum absolute atomic E-state index is 0.0229. The Hall–Kier alpha value is -1.33. The predicted octanol–water partition coefficient (Wildman–Crippen LogP) is 3.40. The minimum atomic E-state index is -0.441. The zero-order chi connectivity index (χ0) is 14.9. The third-order valence-electron chi connectivity index (χ3n) is 4.48. The Morgan fingerprint density at radius 1 is 1.60 bits per heavy atom. The van der Waals surface area contributed by atoms with Crippen molar-refractivity contribution >= 4 is 17.3 Å². The Labute approximate surface area is 123 Å². The molecule has 1 fully saturated rings. The molecule has 3 atom stereocenters. The summed E-state index contributed by atoms with van der Waals surface area (Å²) in [4.78, 5) is 10.6. The van der Waals surface area contributed by atoms with Gasteiger partial charge in [0.2, 0.25) is 0 Å². The monoisotopic (exact) mass is 298 g/mol. The highest BCUT2D eigenvalue weighted by Crippen LogP contribution is 2.47. The third kappa shape index (κ3) is 2.47. The van der Waals surface area contributed by atoms with Crippen molar-refractivity contribution in [3.63, 3.8) is 0 Å². The number of halogens is 1. The number of ether oxygens (including phenoxy) is 1. The minimum Gasteiger partial charge on any atom is -0.483 e. The van der Waals surface area contributed by atoms with Crippen molar-refractivity contribution in [1.82, 2.24) is 5.32 Å². The van der Waals surface area contributed by atoms with E-state index in [0.717, 1.165) is 12.8 Å². The van der Waals surface area contributed by atoms with E-state index in [1.807, 2.05) is 7.05 Å². The van der Waals surface area contributed by atoms with Gasteiger partial charge in [-0.05, 0) is 19.5 Å². The van der Waals surface area contributed by atoms with Crippen LogP contribution < -0.4 is 10.1 Å². The Kier molecular flexibility index (Phi) is 4.20. The standard InChI is InChI=1S/C14H19ClN2O3/c1-4-14(2)12(16-3)8-13(14)20-11-7-9(15)5-6-10(11)17(18)19/h5-7,12-13,16H,4,8H2,1-3H3. The van der Waals surface area contributed by atoms with E-state index in [4.69, 9.17) is 16.3 Å². The van der Waals surface area contributed by atoms with Crippen LogP contribution in [0.3, 0.4) is 0 Å². The molecule has 1 aromatic carbocycles. The van der Waals surface area contributed by atoms with Crippen LogP contribution in [0.15, 0.2) is 18.2 Å². The van der Waals surface area contributed by atoms with E-state index in [2.05, 4.69) is 19.2 Å². The zero-order valence-corrected chi connectivity index (χ0v) is 12.6. The number of rotatable bonds is 5. The molecule has 1 aromatic rings. The van der Waals surface area contributed by atoms with Crippen LogP contribution in [0.25, 0.3) is 0 Å². The van der Waals surface area contributed by atoms with E-state index < -0.39 is 4.92 Å². The Balaban J connectivity index is 2.23. The molecule has 1 N–H and O–H groups in total. The second-order valence-electron chi connectivity index (χ2n) is 5.41. The molecule has 0 bridgehead atoms. The van der Waals surface area contributed by atoms with Gasteiger partial charge in [-0.15, -0.1) is 0 Å². The van der Waals surface area contributed by atoms with E-state index in [9.17, 15) is 10.1 Å². The molecule has 110 valence electrons. The molecule has 2 rings (SSSR count). The predicted molar refractivity (Wildman–Crippen MR) is 78.4 cm³/mol. The molecule has 0 radical (unpaired) electrons. The molecule has 0 aromatic heterocycles. The van der Waals surface area contributed by atoms with Gasteiger partial charge in [-0.1, -0.05) is 25.4 Å². The maximum atomic E-state index is 11.0. The first kappa shape index (κ1) is 15.1. The molecular weight excluding hydrogens is 280 g/mol. The zero-order valence-electron chi connectivity index (χ0n) is 11.9. The van der Waals surface area contributed by atoms with Gasteiger partial charge in [0.1, 0.15) is 6.10 Å². The summed E-state index contributed by atoms with van der Waals surface area (Å²) in [6.45, 7) is 4.24. The number of nitrogens with zero attached hydrogens (tertiary/aromatic N) is 1. The molecular formula is C14H19ClN2O3. The number of hydrogen-bond donors (Lipinski definition) is 1. The summed E-state index contributed by atoms with van der Waals surface area (Å²) in [6.07, 6.45) is 1.74. The Bertz CT molecular complexity index is 523. The lowest BCUT2D eigenvalue weighted by Gasteiger charge is -2.53. The number of nitrogens with one attached hydrogen (secondary N) is 1. The van der Waals surface area contributed by atoms with Crippen molar-refractivity contribution in [1.29, 1.82) is 0 Å². The molecule has 3 unspecified atom stereocenters. The highest BCUT2D eigenvalue weighted by atomic mass is 35.5. The summed E-state index contributed by atoms with van der Waals surface area (Å²) in [7, 11) is 1.93. The fourth-order valence-corrected chi connectivity index (χ4v) is 2.97. The van der Waals surface area contributed by atoms with Crippen LogP contribution in [0.1, 0.15) is 26.7 Å². The number of hydrogen-bond acceptors (Lipinski definition) is 4. The van der Waals surface area contributed by atoms with E-state index >= 15 is 0 Å². The molecule has 20 heavy (non-hydrogen) atoms. The van der Waals surface area contributed by atoms with Crippen LogP contribution in [0, 0.1) is 15.5 Å². The topological polar surface area (TPSA) is 64.4 Å². The number of nitro groups is 1. The van der Waals surface area contributed by atoms with Gasteiger partial charge >= 0.3 is 5.69 Å². The average Bonchev–Trinajstić information content (AvgIpc) is 2.41. The molecule has 0 heterocycles. The maximum absolute atomic E-state index is 11.0. The van der Waals surface area contributed by atoms with Gasteiger partial charge in [-0.3, -0.25) is 10.1 Å². The average molecular weight is 299 g/mol. The molecule has 6 heteroatoms. The van der Waals surface area contributed by atoms with Crippen LogP contribution in [0.5, 0.6) is 5.75 Å². The Morgan fingerprint density at radius 3 is 2.85 bits per heavy atom. The van der Waals surface area contributed by atoms with Crippen molar-refractivity contribution in [3.05, 3.63) is 33.3 Å². The number of benzene rings is 1. The third-order valence-corrected chi connectivity index (χ3v) is 4.71. The van der Waals surface area contributed by atoms with E-state index in [0.29, 0.717) is 11.1 Å². The summed E-state index contributed by atoms with van der Waals surface area (Å²) < 4.78 is 5.90. The van der Waals surface area contributed by atoms with Crippen molar-refractivity contribution < 1.29 is 9.66 Å². The lowest BCUT2D eigenvalue weighted by atomic mass is 9.61. The lowest BCUT2D eigenvalue weighted by Crippen LogP contribution is -2.62. The quantitative estimate of drug-likeness (QED) is 0.668. The first-order chi connectivity index (χ1) is 9.42. The van der Waals surface area contributed by atoms with Crippen LogP contribution in [0.4, 0.5) is 5.69 Å².